The van der Waals surface area contributed by atoms with Gasteiger partial charge in [0.2, 0.25) is 0 Å². The summed E-state index contributed by atoms with van der Waals surface area (Å²) in [6.45, 7) is 5.92. The van der Waals surface area contributed by atoms with E-state index in [1.165, 1.54) is 18.4 Å². The molecule has 3 atom stereocenters. The van der Waals surface area contributed by atoms with Crippen molar-refractivity contribution in [2.24, 2.45) is 22.7 Å². The number of aliphatic carboxylic acids is 1. The van der Waals surface area contributed by atoms with Gasteiger partial charge >= 0.3 is 12.1 Å². The van der Waals surface area contributed by atoms with Crippen LogP contribution in [0.25, 0.3) is 0 Å². The molecule has 0 unspecified atom stereocenters. The predicted octanol–water partition coefficient (Wildman–Crippen LogP) is 4.22. The lowest BCUT2D eigenvalue weighted by molar-refractivity contribution is -0.192. The van der Waals surface area contributed by atoms with Crippen LogP contribution in [-0.2, 0) is 16.1 Å². The maximum Gasteiger partial charge on any atom is 0.490 e. The van der Waals surface area contributed by atoms with Gasteiger partial charge < -0.3 is 5.11 Å². The van der Waals surface area contributed by atoms with Crippen LogP contribution in [0.4, 0.5) is 13.2 Å². The molecule has 2 aliphatic carbocycles. The van der Waals surface area contributed by atoms with E-state index in [2.05, 4.69) is 17.0 Å². The predicted molar refractivity (Wildman–Crippen MR) is 117 cm³/mol. The van der Waals surface area contributed by atoms with Crippen LogP contribution in [0.3, 0.4) is 0 Å². The van der Waals surface area contributed by atoms with Gasteiger partial charge in [-0.25, -0.2) is 4.79 Å². The van der Waals surface area contributed by atoms with Gasteiger partial charge in [0.1, 0.15) is 11.4 Å². The number of aliphatic imine (C=N–C) groups is 1. The van der Waals surface area contributed by atoms with Crippen molar-refractivity contribution < 1.29 is 27.9 Å². The van der Waals surface area contributed by atoms with Gasteiger partial charge in [-0.1, -0.05) is 23.7 Å². The summed E-state index contributed by atoms with van der Waals surface area (Å²) < 4.78 is 31.7. The van der Waals surface area contributed by atoms with E-state index < -0.39 is 17.7 Å². The smallest absolute Gasteiger partial charge is 0.475 e. The second kappa shape index (κ2) is 8.91. The minimum Gasteiger partial charge on any atom is -0.475 e. The Hall–Kier alpha value is -2.13. The summed E-state index contributed by atoms with van der Waals surface area (Å²) in [6, 6.07) is 8.12. The molecule has 1 spiro atoms. The van der Waals surface area contributed by atoms with Crippen molar-refractivity contribution in [2.75, 3.05) is 19.6 Å². The van der Waals surface area contributed by atoms with Gasteiger partial charge in [-0.05, 0) is 62.1 Å². The quantitative estimate of drug-likeness (QED) is 0.693. The maximum atomic E-state index is 13.3. The van der Waals surface area contributed by atoms with Crippen LogP contribution in [0.1, 0.15) is 38.2 Å². The molecule has 2 aliphatic heterocycles. The molecule has 0 aromatic heterocycles. The molecule has 10 heteroatoms. The number of rotatable bonds is 4. The molecule has 1 N–H and O–H groups in total. The lowest BCUT2D eigenvalue weighted by Crippen LogP contribution is -2.47. The molecule has 1 aromatic carbocycles. The zero-order valence-electron chi connectivity index (χ0n) is 18.3. The van der Waals surface area contributed by atoms with E-state index >= 15 is 0 Å². The lowest BCUT2D eigenvalue weighted by Gasteiger charge is -2.28. The molecule has 1 saturated heterocycles. The normalized spacial score (nSPS) is 29.2. The molecule has 180 valence electrons. The molecule has 1 amide bonds. The van der Waals surface area contributed by atoms with Gasteiger partial charge in [-0.2, -0.15) is 13.2 Å². The Kier molecular flexibility index (Phi) is 6.48. The van der Waals surface area contributed by atoms with Crippen molar-refractivity contribution in [1.82, 2.24) is 9.80 Å². The zero-order chi connectivity index (χ0) is 24.0. The van der Waals surface area contributed by atoms with E-state index in [4.69, 9.17) is 26.5 Å². The first kappa shape index (κ1) is 24.0. The summed E-state index contributed by atoms with van der Waals surface area (Å²) in [6.07, 6.45) is -0.480. The zero-order valence-corrected chi connectivity index (χ0v) is 19.1. The topological polar surface area (TPSA) is 73.2 Å². The van der Waals surface area contributed by atoms with E-state index in [1.807, 2.05) is 24.0 Å². The summed E-state index contributed by atoms with van der Waals surface area (Å²) in [5.41, 5.74) is 0.828. The summed E-state index contributed by atoms with van der Waals surface area (Å²) in [5.74, 6) is 0.181. The molecular formula is C23H27ClF3N3O3. The second-order valence-electron chi connectivity index (χ2n) is 9.47. The third-order valence-corrected chi connectivity index (χ3v) is 7.35. The van der Waals surface area contributed by atoms with E-state index in [1.54, 1.807) is 0 Å². The molecule has 3 fully saturated rings. The first-order valence-corrected chi connectivity index (χ1v) is 11.5. The van der Waals surface area contributed by atoms with E-state index in [9.17, 15) is 18.0 Å². The van der Waals surface area contributed by atoms with Crippen molar-refractivity contribution in [1.29, 1.82) is 0 Å². The van der Waals surface area contributed by atoms with Crippen molar-refractivity contribution in [3.8, 4) is 0 Å². The fraction of sp³-hybridized carbons (Fsp3) is 0.609. The Morgan fingerprint density at radius 1 is 1.21 bits per heavy atom. The van der Waals surface area contributed by atoms with Crippen molar-refractivity contribution in [3.05, 3.63) is 34.9 Å². The summed E-state index contributed by atoms with van der Waals surface area (Å²) >= 11 is 6.00. The van der Waals surface area contributed by atoms with Gasteiger partial charge in [0.25, 0.3) is 5.91 Å². The fourth-order valence-electron chi connectivity index (χ4n) is 5.32. The summed E-state index contributed by atoms with van der Waals surface area (Å²) in [7, 11) is 0. The fourth-order valence-corrected chi connectivity index (χ4v) is 5.44. The number of amides is 1. The number of carbonyl (C=O) groups excluding carboxylic acids is 1. The average Bonchev–Trinajstić information content (AvgIpc) is 3.31. The van der Waals surface area contributed by atoms with Gasteiger partial charge in [-0.15, -0.1) is 0 Å². The molecule has 5 rings (SSSR count). The standard InChI is InChI=1S/C21H26ClN3O.C2HF3O2/c1-14-23-21(20(26)25(14)11-16-2-3-16)9-8-17-12-24(13-19(17)21)10-15-4-6-18(22)7-5-15;3-2(4,5)1(6)7/h4-7,16-17,19H,2-3,8-13H2,1H3;(H,6,7)/t17-,19+,21-;/m1./s1. The van der Waals surface area contributed by atoms with Crippen LogP contribution >= 0.6 is 11.6 Å². The van der Waals surface area contributed by atoms with Gasteiger partial charge in [-0.3, -0.25) is 19.6 Å². The van der Waals surface area contributed by atoms with Gasteiger partial charge in [0.05, 0.1) is 0 Å². The average molecular weight is 486 g/mol. The van der Waals surface area contributed by atoms with Crippen molar-refractivity contribution in [3.63, 3.8) is 0 Å². The number of carboxylic acid groups (broad SMARTS) is 1. The molecule has 2 heterocycles. The first-order chi connectivity index (χ1) is 15.5. The lowest BCUT2D eigenvalue weighted by atomic mass is 9.85. The third kappa shape index (κ3) is 5.04. The molecule has 33 heavy (non-hydrogen) atoms. The number of likely N-dealkylation sites (tertiary alicyclic amines) is 1. The molecule has 2 saturated carbocycles. The highest BCUT2D eigenvalue weighted by atomic mass is 35.5. The minimum absolute atomic E-state index is 0.294. The van der Waals surface area contributed by atoms with Crippen LogP contribution < -0.4 is 0 Å². The van der Waals surface area contributed by atoms with E-state index in [0.29, 0.717) is 23.7 Å². The number of amidine groups is 1. The molecule has 0 radical (unpaired) electrons. The number of benzene rings is 1. The molecule has 6 nitrogen and oxygen atoms in total. The Labute approximate surface area is 195 Å². The highest BCUT2D eigenvalue weighted by Crippen LogP contribution is 2.51. The third-order valence-electron chi connectivity index (χ3n) is 7.09. The van der Waals surface area contributed by atoms with Gasteiger partial charge in [0, 0.05) is 37.1 Å². The van der Waals surface area contributed by atoms with Crippen molar-refractivity contribution in [2.45, 2.75) is 50.9 Å². The Balaban J connectivity index is 0.000000325. The Morgan fingerprint density at radius 2 is 1.85 bits per heavy atom. The van der Waals surface area contributed by atoms with Crippen LogP contribution in [0, 0.1) is 17.8 Å². The number of hydrogen-bond acceptors (Lipinski definition) is 4. The molecular weight excluding hydrogens is 459 g/mol. The Morgan fingerprint density at radius 3 is 2.42 bits per heavy atom. The highest BCUT2D eigenvalue weighted by molar-refractivity contribution is 6.30. The first-order valence-electron chi connectivity index (χ1n) is 11.1. The maximum absolute atomic E-state index is 13.3. The van der Waals surface area contributed by atoms with Gasteiger partial charge in [0.15, 0.2) is 0 Å². The molecule has 4 aliphatic rings. The minimum atomic E-state index is -5.08. The number of carbonyl (C=O) groups is 2. The monoisotopic (exact) mass is 485 g/mol. The number of carboxylic acids is 1. The van der Waals surface area contributed by atoms with Crippen LogP contribution in [0.15, 0.2) is 29.3 Å². The number of halogens is 4. The van der Waals surface area contributed by atoms with Crippen molar-refractivity contribution >= 4 is 29.3 Å². The number of nitrogens with zero attached hydrogens (tertiary/aromatic N) is 3. The van der Waals surface area contributed by atoms with Crippen LogP contribution in [0.5, 0.6) is 0 Å². The Bertz CT molecular complexity index is 949. The van der Waals surface area contributed by atoms with E-state index in [0.717, 1.165) is 49.9 Å². The number of hydrogen-bond donors (Lipinski definition) is 1. The number of alkyl halides is 3. The number of fused-ring (bicyclic) bond motifs is 2. The largest absolute Gasteiger partial charge is 0.490 e. The van der Waals surface area contributed by atoms with E-state index in [-0.39, 0.29) is 0 Å². The molecule has 0 bridgehead atoms. The van der Waals surface area contributed by atoms with Crippen LogP contribution in [-0.4, -0.2) is 64.0 Å². The summed E-state index contributed by atoms with van der Waals surface area (Å²) in [4.78, 5) is 31.7. The SMILES string of the molecule is CC1=N[C@@]2(CC[C@@H]3CN(Cc4ccc(Cl)cc4)C[C@@H]32)C(=O)N1CC1CC1.O=C(O)C(F)(F)F. The van der Waals surface area contributed by atoms with Crippen LogP contribution in [0.2, 0.25) is 5.02 Å². The molecule has 1 aromatic rings. The second-order valence-corrected chi connectivity index (χ2v) is 9.91. The summed E-state index contributed by atoms with van der Waals surface area (Å²) in [5, 5.41) is 7.91. The highest BCUT2D eigenvalue weighted by Gasteiger charge is 2.60.